The molecule has 2 rings (SSSR count). The van der Waals surface area contributed by atoms with Gasteiger partial charge in [0.1, 0.15) is 0 Å². The average molecular weight is 351 g/mol. The largest absolute Gasteiger partial charge is 0.416 e. The van der Waals surface area contributed by atoms with Crippen molar-refractivity contribution in [3.8, 4) is 0 Å². The highest BCUT2D eigenvalue weighted by atomic mass is 28.4. The second-order valence-electron chi connectivity index (χ2n) is 9.78. The molecule has 1 heterocycles. The van der Waals surface area contributed by atoms with Crippen LogP contribution in [0.25, 0.3) is 0 Å². The van der Waals surface area contributed by atoms with Crippen molar-refractivity contribution >= 4 is 8.32 Å². The predicted molar refractivity (Wildman–Crippen MR) is 106 cm³/mol. The summed E-state index contributed by atoms with van der Waals surface area (Å²) in [6.07, 6.45) is 8.62. The highest BCUT2D eigenvalue weighted by Gasteiger charge is 2.58. The lowest BCUT2D eigenvalue weighted by atomic mass is 9.66. The highest BCUT2D eigenvalue weighted by molar-refractivity contribution is 6.74. The average Bonchev–Trinajstić information content (AvgIpc) is 3.25. The number of allylic oxidation sites excluding steroid dienone is 2. The molecule has 1 aliphatic carbocycles. The number of rotatable bonds is 6. The first kappa shape index (κ1) is 19.6. The zero-order valence-electron chi connectivity index (χ0n) is 17.0. The third-order valence-corrected chi connectivity index (χ3v) is 11.6. The van der Waals surface area contributed by atoms with Gasteiger partial charge in [0, 0.05) is 12.3 Å². The lowest BCUT2D eigenvalue weighted by Gasteiger charge is -2.49. The molecule has 4 heteroatoms. The summed E-state index contributed by atoms with van der Waals surface area (Å²) in [5.74, 6) is 0.870. The van der Waals surface area contributed by atoms with Crippen molar-refractivity contribution in [1.29, 1.82) is 0 Å². The molecular weight excluding hydrogens is 312 g/mol. The van der Waals surface area contributed by atoms with E-state index in [9.17, 15) is 0 Å². The van der Waals surface area contributed by atoms with Crippen LogP contribution >= 0.6 is 0 Å². The van der Waals surface area contributed by atoms with Gasteiger partial charge in [-0.25, -0.2) is 0 Å². The minimum atomic E-state index is -1.72. The SMILES string of the molecule is CC(C)C1(C(C)C2(CO[Si](C)(C)C(C)(C)C)CC2)NC=CC=C1N. The summed E-state index contributed by atoms with van der Waals surface area (Å²) in [5, 5.41) is 3.89. The summed E-state index contributed by atoms with van der Waals surface area (Å²) in [6, 6.07) is 0. The van der Waals surface area contributed by atoms with E-state index in [0.29, 0.717) is 11.8 Å². The van der Waals surface area contributed by atoms with Crippen LogP contribution in [0.3, 0.4) is 0 Å². The van der Waals surface area contributed by atoms with Gasteiger partial charge in [-0.2, -0.15) is 0 Å². The molecule has 2 atom stereocenters. The molecule has 2 unspecified atom stereocenters. The van der Waals surface area contributed by atoms with Gasteiger partial charge < -0.3 is 15.5 Å². The van der Waals surface area contributed by atoms with Crippen molar-refractivity contribution in [3.63, 3.8) is 0 Å². The fourth-order valence-electron chi connectivity index (χ4n) is 3.82. The molecule has 138 valence electrons. The number of nitrogens with one attached hydrogen (secondary N) is 1. The first-order chi connectivity index (χ1) is 10.9. The molecule has 1 aliphatic heterocycles. The minimum absolute atomic E-state index is 0.165. The first-order valence-corrected chi connectivity index (χ1v) is 12.3. The first-order valence-electron chi connectivity index (χ1n) is 9.43. The molecular formula is C20H38N2OSi. The van der Waals surface area contributed by atoms with Crippen LogP contribution in [0.5, 0.6) is 0 Å². The molecule has 0 aromatic carbocycles. The lowest BCUT2D eigenvalue weighted by Crippen LogP contribution is -2.60. The van der Waals surface area contributed by atoms with Crippen LogP contribution in [0.2, 0.25) is 18.1 Å². The van der Waals surface area contributed by atoms with Crippen molar-refractivity contribution in [1.82, 2.24) is 5.32 Å². The van der Waals surface area contributed by atoms with E-state index in [1.807, 2.05) is 6.08 Å². The second kappa shape index (κ2) is 6.21. The van der Waals surface area contributed by atoms with Crippen LogP contribution < -0.4 is 11.1 Å². The Morgan fingerprint density at radius 2 is 1.83 bits per heavy atom. The van der Waals surface area contributed by atoms with Crippen molar-refractivity contribution in [2.24, 2.45) is 23.0 Å². The van der Waals surface area contributed by atoms with Gasteiger partial charge >= 0.3 is 0 Å². The molecule has 0 spiro atoms. The molecule has 0 amide bonds. The Labute approximate surface area is 150 Å². The van der Waals surface area contributed by atoms with Crippen molar-refractivity contribution in [2.45, 2.75) is 78.1 Å². The Morgan fingerprint density at radius 1 is 1.25 bits per heavy atom. The van der Waals surface area contributed by atoms with Crippen LogP contribution in [0.4, 0.5) is 0 Å². The van der Waals surface area contributed by atoms with Gasteiger partial charge in [0.2, 0.25) is 0 Å². The summed E-state index contributed by atoms with van der Waals surface area (Å²) in [6.45, 7) is 19.4. The van der Waals surface area contributed by atoms with Gasteiger partial charge in [0.25, 0.3) is 0 Å². The summed E-state index contributed by atoms with van der Waals surface area (Å²) >= 11 is 0. The molecule has 0 radical (unpaired) electrons. The van der Waals surface area contributed by atoms with E-state index in [1.54, 1.807) is 0 Å². The molecule has 0 aromatic rings. The molecule has 0 aromatic heterocycles. The van der Waals surface area contributed by atoms with Crippen LogP contribution in [-0.4, -0.2) is 20.5 Å². The zero-order chi connectivity index (χ0) is 18.4. The molecule has 3 nitrogen and oxygen atoms in total. The van der Waals surface area contributed by atoms with Gasteiger partial charge in [0.05, 0.1) is 5.54 Å². The maximum absolute atomic E-state index is 6.63. The number of hydrogen-bond acceptors (Lipinski definition) is 3. The monoisotopic (exact) mass is 350 g/mol. The normalized spacial score (nSPS) is 27.6. The van der Waals surface area contributed by atoms with Crippen LogP contribution in [0, 0.1) is 17.3 Å². The highest BCUT2D eigenvalue weighted by Crippen LogP contribution is 2.58. The minimum Gasteiger partial charge on any atom is -0.416 e. The van der Waals surface area contributed by atoms with E-state index < -0.39 is 8.32 Å². The van der Waals surface area contributed by atoms with Gasteiger partial charge in [-0.05, 0) is 66.6 Å². The van der Waals surface area contributed by atoms with E-state index >= 15 is 0 Å². The van der Waals surface area contributed by atoms with Gasteiger partial charge in [-0.3, -0.25) is 0 Å². The number of hydrogen-bond donors (Lipinski definition) is 2. The lowest BCUT2D eigenvalue weighted by molar-refractivity contribution is 0.0896. The molecule has 0 saturated heterocycles. The van der Waals surface area contributed by atoms with Gasteiger partial charge in [-0.1, -0.05) is 41.5 Å². The topological polar surface area (TPSA) is 47.3 Å². The standard InChI is InChI=1S/C20H38N2OSi/c1-15(2)20(17(21)10-9-13-22-20)16(3)19(11-12-19)14-23-24(7,8)18(4,5)6/h9-10,13,15-16,22H,11-12,14,21H2,1-8H3. The summed E-state index contributed by atoms with van der Waals surface area (Å²) in [5.41, 5.74) is 7.57. The Hall–Kier alpha value is -0.743. The summed E-state index contributed by atoms with van der Waals surface area (Å²) in [4.78, 5) is 0. The van der Waals surface area contributed by atoms with Gasteiger partial charge in [-0.15, -0.1) is 0 Å². The maximum atomic E-state index is 6.63. The van der Waals surface area contributed by atoms with Crippen LogP contribution in [-0.2, 0) is 4.43 Å². The smallest absolute Gasteiger partial charge is 0.192 e. The summed E-state index contributed by atoms with van der Waals surface area (Å²) in [7, 11) is -1.72. The maximum Gasteiger partial charge on any atom is 0.192 e. The Balaban J connectivity index is 2.20. The number of nitrogens with two attached hydrogens (primary N) is 1. The van der Waals surface area contributed by atoms with Crippen LogP contribution in [0.15, 0.2) is 24.0 Å². The Kier molecular flexibility index (Phi) is 5.06. The molecule has 1 fully saturated rings. The summed E-state index contributed by atoms with van der Waals surface area (Å²) < 4.78 is 6.63. The van der Waals surface area contributed by atoms with E-state index in [4.69, 9.17) is 10.2 Å². The van der Waals surface area contributed by atoms with Crippen molar-refractivity contribution in [2.75, 3.05) is 6.61 Å². The van der Waals surface area contributed by atoms with E-state index in [1.165, 1.54) is 12.8 Å². The number of dihydropyridines is 1. The zero-order valence-corrected chi connectivity index (χ0v) is 18.0. The second-order valence-corrected chi connectivity index (χ2v) is 14.6. The van der Waals surface area contributed by atoms with Crippen molar-refractivity contribution < 1.29 is 4.43 Å². The van der Waals surface area contributed by atoms with E-state index in [2.05, 4.69) is 72.2 Å². The Bertz CT molecular complexity index is 526. The molecule has 0 bridgehead atoms. The molecule has 3 N–H and O–H groups in total. The van der Waals surface area contributed by atoms with Crippen molar-refractivity contribution in [3.05, 3.63) is 24.0 Å². The van der Waals surface area contributed by atoms with E-state index in [0.717, 1.165) is 12.3 Å². The fourth-order valence-corrected chi connectivity index (χ4v) is 4.90. The third kappa shape index (κ3) is 3.19. The van der Waals surface area contributed by atoms with Crippen LogP contribution in [0.1, 0.15) is 54.4 Å². The van der Waals surface area contributed by atoms with Gasteiger partial charge in [0.15, 0.2) is 8.32 Å². The van der Waals surface area contributed by atoms with E-state index in [-0.39, 0.29) is 16.0 Å². The Morgan fingerprint density at radius 3 is 2.25 bits per heavy atom. The quantitative estimate of drug-likeness (QED) is 0.678. The molecule has 24 heavy (non-hydrogen) atoms. The molecule has 2 aliphatic rings. The third-order valence-electron chi connectivity index (χ3n) is 7.10. The fraction of sp³-hybridized carbons (Fsp3) is 0.800. The predicted octanol–water partition coefficient (Wildman–Crippen LogP) is 4.78. The molecule has 1 saturated carbocycles.